The smallest absolute Gasteiger partial charge is 0.263 e. The molecule has 1 amide bonds. The fourth-order valence-electron chi connectivity index (χ4n) is 4.68. The van der Waals surface area contributed by atoms with Crippen molar-refractivity contribution in [2.45, 2.75) is 68.2 Å². The molecule has 1 aromatic carbocycles. The van der Waals surface area contributed by atoms with Crippen LogP contribution in [-0.2, 0) is 14.6 Å². The van der Waals surface area contributed by atoms with E-state index >= 15 is 0 Å². The molecule has 184 valence electrons. The van der Waals surface area contributed by atoms with Crippen LogP contribution in [0.3, 0.4) is 0 Å². The number of anilines is 1. The molecule has 2 aromatic rings. The van der Waals surface area contributed by atoms with Crippen molar-refractivity contribution in [3.63, 3.8) is 0 Å². The zero-order valence-electron chi connectivity index (χ0n) is 19.0. The van der Waals surface area contributed by atoms with Gasteiger partial charge in [0.2, 0.25) is 0 Å². The van der Waals surface area contributed by atoms with Crippen molar-refractivity contribution < 1.29 is 31.1 Å². The number of pyridine rings is 1. The second kappa shape index (κ2) is 8.75. The molecule has 0 unspecified atom stereocenters. The van der Waals surface area contributed by atoms with E-state index in [9.17, 15) is 26.4 Å². The number of aromatic nitrogens is 1. The highest BCUT2D eigenvalue weighted by Crippen LogP contribution is 2.39. The Morgan fingerprint density at radius 1 is 1.09 bits per heavy atom. The molecule has 2 aliphatic rings. The average molecular weight is 498 g/mol. The van der Waals surface area contributed by atoms with Gasteiger partial charge >= 0.3 is 0 Å². The molecule has 2 bridgehead atoms. The molecule has 0 saturated carbocycles. The molecule has 2 fully saturated rings. The summed E-state index contributed by atoms with van der Waals surface area (Å²) in [5, 5.41) is 2.95. The number of carbonyl (C=O) groups is 1. The normalized spacial score (nSPS) is 22.5. The van der Waals surface area contributed by atoms with Gasteiger partial charge in [0.15, 0.2) is 38.6 Å². The van der Waals surface area contributed by atoms with Gasteiger partial charge in [-0.3, -0.25) is 4.79 Å². The lowest BCUT2D eigenvalue weighted by molar-refractivity contribution is -0.135. The van der Waals surface area contributed by atoms with Gasteiger partial charge in [0, 0.05) is 42.7 Å². The zero-order chi connectivity index (χ0) is 24.8. The maximum absolute atomic E-state index is 14.0. The minimum atomic E-state index is -3.33. The van der Waals surface area contributed by atoms with Crippen molar-refractivity contribution >= 4 is 21.6 Å². The molecule has 34 heavy (non-hydrogen) atoms. The number of rotatable bonds is 6. The summed E-state index contributed by atoms with van der Waals surface area (Å²) in [4.78, 5) is 19.6. The molecule has 1 aromatic heterocycles. The third kappa shape index (κ3) is 4.84. The first-order valence-electron chi connectivity index (χ1n) is 10.9. The van der Waals surface area contributed by atoms with Crippen LogP contribution >= 0.6 is 0 Å². The molecular weight excluding hydrogens is 471 g/mol. The van der Waals surface area contributed by atoms with Crippen molar-refractivity contribution in [1.29, 1.82) is 0 Å². The topological polar surface area (TPSA) is 88.6 Å². The van der Waals surface area contributed by atoms with E-state index in [-0.39, 0.29) is 23.0 Å². The van der Waals surface area contributed by atoms with E-state index in [0.29, 0.717) is 30.8 Å². The molecule has 3 atom stereocenters. The Kier molecular flexibility index (Phi) is 6.26. The number of sulfone groups is 1. The Bertz CT molecular complexity index is 1190. The average Bonchev–Trinajstić information content (AvgIpc) is 3.01. The molecule has 2 saturated heterocycles. The molecule has 1 N–H and O–H groups in total. The molecular formula is C23H26F3N3O4S. The summed E-state index contributed by atoms with van der Waals surface area (Å²) in [6.45, 7) is 2.86. The number of hydrogen-bond acceptors (Lipinski definition) is 6. The van der Waals surface area contributed by atoms with E-state index in [1.807, 2.05) is 0 Å². The van der Waals surface area contributed by atoms with E-state index in [2.05, 4.69) is 15.2 Å². The molecule has 11 heteroatoms. The highest BCUT2D eigenvalue weighted by Gasteiger charge is 2.43. The molecule has 7 nitrogen and oxygen atoms in total. The highest BCUT2D eigenvalue weighted by atomic mass is 32.2. The summed E-state index contributed by atoms with van der Waals surface area (Å²) in [6.07, 6.45) is 5.60. The predicted octanol–water partition coefficient (Wildman–Crippen LogP) is 3.38. The van der Waals surface area contributed by atoms with Gasteiger partial charge in [-0.25, -0.2) is 26.6 Å². The van der Waals surface area contributed by atoms with E-state index in [4.69, 9.17) is 4.74 Å². The van der Waals surface area contributed by atoms with Crippen LogP contribution in [0.1, 0.15) is 39.5 Å². The Balaban J connectivity index is 1.42. The van der Waals surface area contributed by atoms with Crippen LogP contribution in [-0.4, -0.2) is 49.3 Å². The second-order valence-corrected chi connectivity index (χ2v) is 11.4. The monoisotopic (exact) mass is 497 g/mol. The molecule has 4 rings (SSSR count). The van der Waals surface area contributed by atoms with Crippen LogP contribution in [0, 0.1) is 17.5 Å². The predicted molar refractivity (Wildman–Crippen MR) is 119 cm³/mol. The summed E-state index contributed by atoms with van der Waals surface area (Å²) in [7, 11) is -3.33. The van der Waals surface area contributed by atoms with E-state index in [1.54, 1.807) is 12.1 Å². The van der Waals surface area contributed by atoms with Gasteiger partial charge in [0.05, 0.1) is 4.90 Å². The van der Waals surface area contributed by atoms with E-state index in [0.717, 1.165) is 19.1 Å². The number of carbonyl (C=O) groups excluding carboxylic acids is 1. The number of amides is 1. The molecule has 0 spiro atoms. The number of nitrogens with zero attached hydrogens (tertiary/aromatic N) is 2. The van der Waals surface area contributed by atoms with Crippen LogP contribution < -0.4 is 15.0 Å². The fourth-order valence-corrected chi connectivity index (χ4v) is 5.24. The summed E-state index contributed by atoms with van der Waals surface area (Å²) in [5.74, 6) is -4.05. The Labute approximate surface area is 196 Å². The maximum atomic E-state index is 14.0. The molecule has 2 aliphatic heterocycles. The van der Waals surface area contributed by atoms with Crippen LogP contribution in [0.25, 0.3) is 0 Å². The van der Waals surface area contributed by atoms with Crippen LogP contribution in [0.4, 0.5) is 19.0 Å². The maximum Gasteiger partial charge on any atom is 0.263 e. The van der Waals surface area contributed by atoms with Crippen LogP contribution in [0.5, 0.6) is 5.75 Å². The molecule has 3 heterocycles. The number of piperidine rings is 1. The van der Waals surface area contributed by atoms with Gasteiger partial charge in [-0.05, 0) is 51.7 Å². The lowest BCUT2D eigenvalue weighted by Gasteiger charge is -2.40. The standard InChI is InChI=1S/C23H26F3N3O4S/c1-23(2,33-20-11-18(25)17(24)10-19(20)26)22(30)28-13-8-14-4-5-15(9-13)29(14)21-7-6-16(12-27-21)34(3,31)32/h6-7,10-15H,4-5,8-9H2,1-3H3,(H,28,30)/t13-,14+,15-. The summed E-state index contributed by atoms with van der Waals surface area (Å²) < 4.78 is 69.5. The van der Waals surface area contributed by atoms with Gasteiger partial charge in [-0.1, -0.05) is 0 Å². The van der Waals surface area contributed by atoms with E-state index < -0.39 is 44.5 Å². The number of hydrogen-bond donors (Lipinski definition) is 1. The summed E-state index contributed by atoms with van der Waals surface area (Å²) in [6, 6.07) is 4.29. The van der Waals surface area contributed by atoms with Gasteiger partial charge in [-0.2, -0.15) is 0 Å². The molecule has 0 aliphatic carbocycles. The number of fused-ring (bicyclic) bond motifs is 2. The third-order valence-electron chi connectivity index (χ3n) is 6.37. The minimum Gasteiger partial charge on any atom is -0.475 e. The fraction of sp³-hybridized carbons (Fsp3) is 0.478. The van der Waals surface area contributed by atoms with Crippen molar-refractivity contribution in [3.8, 4) is 5.75 Å². The second-order valence-electron chi connectivity index (χ2n) is 9.37. The Morgan fingerprint density at radius 3 is 2.26 bits per heavy atom. The highest BCUT2D eigenvalue weighted by molar-refractivity contribution is 7.90. The third-order valence-corrected chi connectivity index (χ3v) is 7.47. The summed E-state index contributed by atoms with van der Waals surface area (Å²) in [5.41, 5.74) is -1.52. The Hall–Kier alpha value is -2.82. The van der Waals surface area contributed by atoms with Gasteiger partial charge in [0.25, 0.3) is 5.91 Å². The SMILES string of the molecule is CC(C)(Oc1cc(F)c(F)cc1F)C(=O)N[C@H]1C[C@H]2CC[C@@H](C1)N2c1ccc(S(C)(=O)=O)cn1. The zero-order valence-corrected chi connectivity index (χ0v) is 19.8. The first kappa shape index (κ1) is 24.3. The van der Waals surface area contributed by atoms with Crippen molar-refractivity contribution in [3.05, 3.63) is 47.9 Å². The van der Waals surface area contributed by atoms with Gasteiger partial charge in [-0.15, -0.1) is 0 Å². The van der Waals surface area contributed by atoms with Crippen molar-refractivity contribution in [2.75, 3.05) is 11.2 Å². The number of halogens is 3. The van der Waals surface area contributed by atoms with Crippen LogP contribution in [0.15, 0.2) is 35.4 Å². The number of ether oxygens (including phenoxy) is 1. The Morgan fingerprint density at radius 2 is 1.71 bits per heavy atom. The van der Waals surface area contributed by atoms with Crippen LogP contribution in [0.2, 0.25) is 0 Å². The lowest BCUT2D eigenvalue weighted by Crippen LogP contribution is -2.55. The van der Waals surface area contributed by atoms with E-state index in [1.165, 1.54) is 20.0 Å². The quantitative estimate of drug-likeness (QED) is 0.616. The van der Waals surface area contributed by atoms with Crippen molar-refractivity contribution in [2.24, 2.45) is 0 Å². The summed E-state index contributed by atoms with van der Waals surface area (Å²) >= 11 is 0. The van der Waals surface area contributed by atoms with Gasteiger partial charge < -0.3 is 15.0 Å². The first-order valence-corrected chi connectivity index (χ1v) is 12.8. The van der Waals surface area contributed by atoms with Gasteiger partial charge in [0.1, 0.15) is 5.82 Å². The first-order chi connectivity index (χ1) is 15.8. The lowest BCUT2D eigenvalue weighted by atomic mass is 9.96. The largest absolute Gasteiger partial charge is 0.475 e. The number of benzene rings is 1. The molecule has 0 radical (unpaired) electrons. The minimum absolute atomic E-state index is 0.119. The van der Waals surface area contributed by atoms with Crippen molar-refractivity contribution in [1.82, 2.24) is 10.3 Å². The number of nitrogens with one attached hydrogen (secondary N) is 1.